The number of carbonyl (C=O) groups excluding carboxylic acids is 1. The Labute approximate surface area is 121 Å². The molecule has 0 aliphatic heterocycles. The van der Waals surface area contributed by atoms with Gasteiger partial charge < -0.3 is 5.32 Å². The van der Waals surface area contributed by atoms with E-state index in [2.05, 4.69) is 25.5 Å². The van der Waals surface area contributed by atoms with Crippen molar-refractivity contribution in [3.8, 4) is 0 Å². The van der Waals surface area contributed by atoms with Gasteiger partial charge in [-0.05, 0) is 18.6 Å². The fourth-order valence-electron chi connectivity index (χ4n) is 2.19. The van der Waals surface area contributed by atoms with Gasteiger partial charge in [-0.15, -0.1) is 0 Å². The molecule has 0 radical (unpaired) electrons. The number of amides is 1. The molecule has 106 valence electrons. The highest BCUT2D eigenvalue weighted by Crippen LogP contribution is 2.15. The van der Waals surface area contributed by atoms with E-state index in [1.54, 1.807) is 12.3 Å². The Balaban J connectivity index is 1.62. The van der Waals surface area contributed by atoms with Crippen LogP contribution in [0.25, 0.3) is 10.9 Å². The third kappa shape index (κ3) is 3.05. The van der Waals surface area contributed by atoms with Crippen molar-refractivity contribution in [2.75, 3.05) is 6.54 Å². The lowest BCUT2D eigenvalue weighted by molar-refractivity contribution is 0.0954. The number of hydrogen-bond acceptors (Lipinski definition) is 4. The quantitative estimate of drug-likeness (QED) is 0.697. The predicted octanol–water partition coefficient (Wildman–Crippen LogP) is 1.72. The van der Waals surface area contributed by atoms with Crippen LogP contribution in [0.5, 0.6) is 0 Å². The van der Waals surface area contributed by atoms with Crippen molar-refractivity contribution in [1.29, 1.82) is 0 Å². The molecule has 0 aliphatic rings. The summed E-state index contributed by atoms with van der Waals surface area (Å²) < 4.78 is 0. The lowest BCUT2D eigenvalue weighted by atomic mass is 10.1. The summed E-state index contributed by atoms with van der Waals surface area (Å²) in [4.78, 5) is 20.6. The normalized spacial score (nSPS) is 10.7. The molecule has 0 fully saturated rings. The molecule has 6 nitrogen and oxygen atoms in total. The monoisotopic (exact) mass is 281 g/mol. The minimum absolute atomic E-state index is 0.100. The number of carbonyl (C=O) groups is 1. The van der Waals surface area contributed by atoms with Gasteiger partial charge in [-0.2, -0.15) is 5.10 Å². The Morgan fingerprint density at radius 3 is 2.95 bits per heavy atom. The lowest BCUT2D eigenvalue weighted by Crippen LogP contribution is -2.25. The number of aromatic nitrogens is 4. The number of fused-ring (bicyclic) bond motifs is 1. The summed E-state index contributed by atoms with van der Waals surface area (Å²) in [6.45, 7) is 0.586. The molecule has 2 heterocycles. The fourth-order valence-corrected chi connectivity index (χ4v) is 2.19. The first-order chi connectivity index (χ1) is 10.3. The van der Waals surface area contributed by atoms with Crippen molar-refractivity contribution >= 4 is 16.8 Å². The third-order valence-electron chi connectivity index (χ3n) is 3.22. The molecule has 2 N–H and O–H groups in total. The molecule has 0 saturated heterocycles. The Morgan fingerprint density at radius 1 is 1.19 bits per heavy atom. The molecule has 0 unspecified atom stereocenters. The Hall–Kier alpha value is -2.76. The van der Waals surface area contributed by atoms with Gasteiger partial charge in [0.25, 0.3) is 5.91 Å². The molecule has 3 rings (SSSR count). The topological polar surface area (TPSA) is 83.6 Å². The molecule has 1 aromatic carbocycles. The van der Waals surface area contributed by atoms with Gasteiger partial charge in [-0.3, -0.25) is 14.9 Å². The van der Waals surface area contributed by atoms with Crippen LogP contribution in [0.3, 0.4) is 0 Å². The average Bonchev–Trinajstić information content (AvgIpc) is 3.04. The number of rotatable bonds is 5. The number of para-hydroxylation sites is 1. The van der Waals surface area contributed by atoms with E-state index < -0.39 is 0 Å². The summed E-state index contributed by atoms with van der Waals surface area (Å²) in [6.07, 6.45) is 4.74. The van der Waals surface area contributed by atoms with Crippen molar-refractivity contribution in [1.82, 2.24) is 25.5 Å². The second-order valence-corrected chi connectivity index (χ2v) is 4.67. The van der Waals surface area contributed by atoms with E-state index in [1.165, 1.54) is 6.33 Å². The fraction of sp³-hybridized carbons (Fsp3) is 0.200. The van der Waals surface area contributed by atoms with Crippen molar-refractivity contribution < 1.29 is 4.79 Å². The largest absolute Gasteiger partial charge is 0.352 e. The predicted molar refractivity (Wildman–Crippen MR) is 78.8 cm³/mol. The van der Waals surface area contributed by atoms with E-state index in [0.29, 0.717) is 12.1 Å². The molecule has 1 amide bonds. The van der Waals surface area contributed by atoms with E-state index >= 15 is 0 Å². The minimum Gasteiger partial charge on any atom is -0.352 e. The first-order valence-electron chi connectivity index (χ1n) is 6.81. The van der Waals surface area contributed by atoms with Crippen LogP contribution in [0.15, 0.2) is 42.9 Å². The van der Waals surface area contributed by atoms with Gasteiger partial charge in [0.2, 0.25) is 0 Å². The SMILES string of the molecule is O=C(NCCCc1ncn[nH]1)c1cccc2cccnc12. The maximum Gasteiger partial charge on any atom is 0.253 e. The van der Waals surface area contributed by atoms with E-state index in [1.807, 2.05) is 24.3 Å². The summed E-state index contributed by atoms with van der Waals surface area (Å²) in [5.74, 6) is 0.730. The van der Waals surface area contributed by atoms with Crippen LogP contribution in [-0.4, -0.2) is 32.6 Å². The highest BCUT2D eigenvalue weighted by atomic mass is 16.1. The van der Waals surface area contributed by atoms with E-state index in [4.69, 9.17) is 0 Å². The van der Waals surface area contributed by atoms with Gasteiger partial charge in [0, 0.05) is 24.5 Å². The van der Waals surface area contributed by atoms with Crippen LogP contribution >= 0.6 is 0 Å². The third-order valence-corrected chi connectivity index (χ3v) is 3.22. The smallest absolute Gasteiger partial charge is 0.253 e. The average molecular weight is 281 g/mol. The van der Waals surface area contributed by atoms with Crippen LogP contribution in [0.2, 0.25) is 0 Å². The number of benzene rings is 1. The second kappa shape index (κ2) is 6.13. The first kappa shape index (κ1) is 13.2. The van der Waals surface area contributed by atoms with Gasteiger partial charge in [-0.25, -0.2) is 4.98 Å². The lowest BCUT2D eigenvalue weighted by Gasteiger charge is -2.07. The molecule has 6 heteroatoms. The van der Waals surface area contributed by atoms with Gasteiger partial charge >= 0.3 is 0 Å². The number of hydrogen-bond donors (Lipinski definition) is 2. The van der Waals surface area contributed by atoms with Crippen LogP contribution in [0, 0.1) is 0 Å². The van der Waals surface area contributed by atoms with Gasteiger partial charge in [0.1, 0.15) is 12.2 Å². The van der Waals surface area contributed by atoms with Gasteiger partial charge in [0.05, 0.1) is 11.1 Å². The molecule has 0 bridgehead atoms. The molecular weight excluding hydrogens is 266 g/mol. The number of nitrogens with zero attached hydrogens (tertiary/aromatic N) is 3. The second-order valence-electron chi connectivity index (χ2n) is 4.67. The van der Waals surface area contributed by atoms with Crippen molar-refractivity contribution in [2.45, 2.75) is 12.8 Å². The van der Waals surface area contributed by atoms with Crippen LogP contribution in [-0.2, 0) is 6.42 Å². The highest BCUT2D eigenvalue weighted by molar-refractivity contribution is 6.05. The molecule has 0 atom stereocenters. The van der Waals surface area contributed by atoms with Crippen molar-refractivity contribution in [2.24, 2.45) is 0 Å². The Morgan fingerprint density at radius 2 is 2.10 bits per heavy atom. The summed E-state index contributed by atoms with van der Waals surface area (Å²) in [7, 11) is 0. The van der Waals surface area contributed by atoms with Crippen LogP contribution < -0.4 is 5.32 Å². The maximum absolute atomic E-state index is 12.2. The molecule has 0 aliphatic carbocycles. The molecule has 0 saturated carbocycles. The zero-order valence-corrected chi connectivity index (χ0v) is 11.4. The number of pyridine rings is 1. The number of nitrogens with one attached hydrogen (secondary N) is 2. The molecule has 0 spiro atoms. The van der Waals surface area contributed by atoms with Gasteiger partial charge in [0.15, 0.2) is 0 Å². The summed E-state index contributed by atoms with van der Waals surface area (Å²) in [5, 5.41) is 10.5. The Kier molecular flexibility index (Phi) is 3.86. The van der Waals surface area contributed by atoms with Crippen molar-refractivity contribution in [3.05, 3.63) is 54.2 Å². The Bertz CT molecular complexity index is 733. The summed E-state index contributed by atoms with van der Waals surface area (Å²) >= 11 is 0. The zero-order valence-electron chi connectivity index (χ0n) is 11.4. The maximum atomic E-state index is 12.2. The summed E-state index contributed by atoms with van der Waals surface area (Å²) in [6, 6.07) is 9.42. The van der Waals surface area contributed by atoms with E-state index in [0.717, 1.165) is 29.6 Å². The molecule has 3 aromatic rings. The molecular formula is C15H15N5O. The van der Waals surface area contributed by atoms with E-state index in [-0.39, 0.29) is 5.91 Å². The number of aromatic amines is 1. The number of H-pyrrole nitrogens is 1. The standard InChI is InChI=1S/C15H15N5O/c21-15(17-9-3-7-13-18-10-19-20-13)12-6-1-4-11-5-2-8-16-14(11)12/h1-2,4-6,8,10H,3,7,9H2,(H,17,21)(H,18,19,20). The zero-order chi connectivity index (χ0) is 14.5. The number of aryl methyl sites for hydroxylation is 1. The first-order valence-corrected chi connectivity index (χ1v) is 6.81. The molecule has 2 aromatic heterocycles. The van der Waals surface area contributed by atoms with Crippen LogP contribution in [0.4, 0.5) is 0 Å². The van der Waals surface area contributed by atoms with Crippen molar-refractivity contribution in [3.63, 3.8) is 0 Å². The minimum atomic E-state index is -0.100. The summed E-state index contributed by atoms with van der Waals surface area (Å²) in [5.41, 5.74) is 1.33. The van der Waals surface area contributed by atoms with Crippen LogP contribution in [0.1, 0.15) is 22.6 Å². The molecule has 21 heavy (non-hydrogen) atoms. The van der Waals surface area contributed by atoms with Gasteiger partial charge in [-0.1, -0.05) is 18.2 Å². The highest BCUT2D eigenvalue weighted by Gasteiger charge is 2.09. The van der Waals surface area contributed by atoms with E-state index in [9.17, 15) is 4.79 Å².